The highest BCUT2D eigenvalue weighted by molar-refractivity contribution is 6.21. The van der Waals surface area contributed by atoms with Crippen molar-refractivity contribution in [1.82, 2.24) is 5.32 Å². The van der Waals surface area contributed by atoms with Gasteiger partial charge in [-0.1, -0.05) is 13.8 Å². The fourth-order valence-corrected chi connectivity index (χ4v) is 2.05. The number of halogens is 2. The minimum Gasteiger partial charge on any atom is -0.325 e. The molecular formula is C13H14F2N2O2. The molecule has 1 fully saturated rings. The van der Waals surface area contributed by atoms with E-state index in [1.807, 2.05) is 13.8 Å². The smallest absolute Gasteiger partial charge is 0.325 e. The van der Waals surface area contributed by atoms with Crippen LogP contribution in [0, 0.1) is 17.6 Å². The first kappa shape index (κ1) is 13.5. The summed E-state index contributed by atoms with van der Waals surface area (Å²) >= 11 is 0. The van der Waals surface area contributed by atoms with Crippen molar-refractivity contribution in [2.75, 3.05) is 4.90 Å². The predicted octanol–water partition coefficient (Wildman–Crippen LogP) is 2.44. The van der Waals surface area contributed by atoms with Gasteiger partial charge in [0.1, 0.15) is 17.7 Å². The molecule has 1 N–H and O–H groups in total. The summed E-state index contributed by atoms with van der Waals surface area (Å²) in [6.45, 7) is 3.83. The first-order valence-electron chi connectivity index (χ1n) is 5.99. The van der Waals surface area contributed by atoms with E-state index in [0.29, 0.717) is 12.5 Å². The average molecular weight is 268 g/mol. The number of carbonyl (C=O) groups is 2. The number of anilines is 1. The Balaban J connectivity index is 2.30. The molecule has 102 valence electrons. The van der Waals surface area contributed by atoms with Crippen LogP contribution in [0.25, 0.3) is 0 Å². The molecular weight excluding hydrogens is 254 g/mol. The van der Waals surface area contributed by atoms with E-state index in [9.17, 15) is 18.4 Å². The zero-order chi connectivity index (χ0) is 14.2. The molecule has 1 aliphatic rings. The van der Waals surface area contributed by atoms with Crippen molar-refractivity contribution in [3.8, 4) is 0 Å². The zero-order valence-corrected chi connectivity index (χ0v) is 10.6. The fraction of sp³-hybridized carbons (Fsp3) is 0.385. The Kier molecular flexibility index (Phi) is 3.50. The zero-order valence-electron chi connectivity index (χ0n) is 10.6. The van der Waals surface area contributed by atoms with Crippen molar-refractivity contribution >= 4 is 17.6 Å². The van der Waals surface area contributed by atoms with E-state index in [-0.39, 0.29) is 11.6 Å². The van der Waals surface area contributed by atoms with Crippen LogP contribution >= 0.6 is 0 Å². The van der Waals surface area contributed by atoms with Crippen LogP contribution < -0.4 is 10.2 Å². The number of carbonyl (C=O) groups excluding carboxylic acids is 2. The molecule has 0 saturated carbocycles. The van der Waals surface area contributed by atoms with Gasteiger partial charge in [0.15, 0.2) is 0 Å². The normalized spacial score (nSPS) is 19.2. The number of nitrogens with one attached hydrogen (secondary N) is 1. The van der Waals surface area contributed by atoms with Gasteiger partial charge in [-0.2, -0.15) is 0 Å². The Morgan fingerprint density at radius 3 is 2.58 bits per heavy atom. The molecule has 1 unspecified atom stereocenters. The Morgan fingerprint density at radius 1 is 1.32 bits per heavy atom. The van der Waals surface area contributed by atoms with Gasteiger partial charge in [0, 0.05) is 6.07 Å². The quantitative estimate of drug-likeness (QED) is 0.856. The predicted molar refractivity (Wildman–Crippen MR) is 65.6 cm³/mol. The fourth-order valence-electron chi connectivity index (χ4n) is 2.05. The van der Waals surface area contributed by atoms with E-state index >= 15 is 0 Å². The number of urea groups is 1. The molecule has 19 heavy (non-hydrogen) atoms. The van der Waals surface area contributed by atoms with E-state index < -0.39 is 29.6 Å². The third kappa shape index (κ3) is 2.57. The van der Waals surface area contributed by atoms with Gasteiger partial charge in [-0.15, -0.1) is 0 Å². The minimum atomic E-state index is -0.936. The van der Waals surface area contributed by atoms with Crippen molar-refractivity contribution < 1.29 is 18.4 Å². The second-order valence-corrected chi connectivity index (χ2v) is 4.90. The van der Waals surface area contributed by atoms with Gasteiger partial charge in [-0.3, -0.25) is 4.79 Å². The lowest BCUT2D eigenvalue weighted by molar-refractivity contribution is -0.118. The summed E-state index contributed by atoms with van der Waals surface area (Å²) in [5.74, 6) is -1.99. The topological polar surface area (TPSA) is 49.4 Å². The van der Waals surface area contributed by atoms with Gasteiger partial charge >= 0.3 is 6.03 Å². The number of hydrogen-bond donors (Lipinski definition) is 1. The summed E-state index contributed by atoms with van der Waals surface area (Å²) in [4.78, 5) is 24.5. The van der Waals surface area contributed by atoms with Crippen molar-refractivity contribution in [3.05, 3.63) is 29.8 Å². The minimum absolute atomic E-state index is 0.215. The van der Waals surface area contributed by atoms with Crippen LogP contribution in [0.2, 0.25) is 0 Å². The van der Waals surface area contributed by atoms with Crippen LogP contribution in [0.4, 0.5) is 19.3 Å². The molecule has 1 aromatic rings. The van der Waals surface area contributed by atoms with Crippen LogP contribution in [0.1, 0.15) is 20.3 Å². The monoisotopic (exact) mass is 268 g/mol. The third-order valence-electron chi connectivity index (χ3n) is 2.88. The van der Waals surface area contributed by atoms with Gasteiger partial charge in [0.25, 0.3) is 5.91 Å². The van der Waals surface area contributed by atoms with E-state index in [1.165, 1.54) is 0 Å². The first-order valence-corrected chi connectivity index (χ1v) is 5.99. The van der Waals surface area contributed by atoms with Crippen LogP contribution in [0.3, 0.4) is 0 Å². The highest BCUT2D eigenvalue weighted by Gasteiger charge is 2.40. The van der Waals surface area contributed by atoms with Crippen molar-refractivity contribution in [2.24, 2.45) is 5.92 Å². The Hall–Kier alpha value is -1.98. The second-order valence-electron chi connectivity index (χ2n) is 4.90. The molecule has 1 aromatic carbocycles. The molecule has 6 heteroatoms. The van der Waals surface area contributed by atoms with E-state index in [0.717, 1.165) is 17.0 Å². The van der Waals surface area contributed by atoms with Crippen molar-refractivity contribution in [1.29, 1.82) is 0 Å². The van der Waals surface area contributed by atoms with Crippen LogP contribution in [-0.4, -0.2) is 18.0 Å². The van der Waals surface area contributed by atoms with Crippen molar-refractivity contribution in [3.63, 3.8) is 0 Å². The van der Waals surface area contributed by atoms with Gasteiger partial charge < -0.3 is 5.32 Å². The molecule has 2 rings (SSSR count). The van der Waals surface area contributed by atoms with Gasteiger partial charge in [0.2, 0.25) is 0 Å². The summed E-state index contributed by atoms with van der Waals surface area (Å²) in [6.07, 6.45) is 0.476. The number of nitrogens with zero attached hydrogens (tertiary/aromatic N) is 1. The molecule has 1 aliphatic heterocycles. The number of rotatable bonds is 3. The molecule has 4 nitrogen and oxygen atoms in total. The molecule has 0 aromatic heterocycles. The van der Waals surface area contributed by atoms with Crippen molar-refractivity contribution in [2.45, 2.75) is 26.3 Å². The molecule has 0 bridgehead atoms. The average Bonchev–Trinajstić information content (AvgIpc) is 2.55. The first-order chi connectivity index (χ1) is 8.90. The van der Waals surface area contributed by atoms with E-state index in [1.54, 1.807) is 0 Å². The maximum absolute atomic E-state index is 13.6. The Labute approximate surface area is 109 Å². The summed E-state index contributed by atoms with van der Waals surface area (Å²) in [7, 11) is 0. The molecule has 0 radical (unpaired) electrons. The lowest BCUT2D eigenvalue weighted by Crippen LogP contribution is -2.32. The highest BCUT2D eigenvalue weighted by Crippen LogP contribution is 2.25. The molecule has 3 amide bonds. The second kappa shape index (κ2) is 4.95. The highest BCUT2D eigenvalue weighted by atomic mass is 19.1. The number of hydrogen-bond acceptors (Lipinski definition) is 2. The van der Waals surface area contributed by atoms with Gasteiger partial charge in [-0.05, 0) is 24.5 Å². The van der Waals surface area contributed by atoms with Crippen LogP contribution in [0.15, 0.2) is 18.2 Å². The molecule has 0 aliphatic carbocycles. The van der Waals surface area contributed by atoms with Gasteiger partial charge in [-0.25, -0.2) is 18.5 Å². The summed E-state index contributed by atoms with van der Waals surface area (Å²) < 4.78 is 26.5. The molecule has 0 spiro atoms. The maximum atomic E-state index is 13.6. The summed E-state index contributed by atoms with van der Waals surface area (Å²) in [5, 5.41) is 2.50. The Bertz CT molecular complexity index is 531. The third-order valence-corrected chi connectivity index (χ3v) is 2.88. The van der Waals surface area contributed by atoms with E-state index in [4.69, 9.17) is 0 Å². The van der Waals surface area contributed by atoms with Crippen LogP contribution in [0.5, 0.6) is 0 Å². The van der Waals surface area contributed by atoms with E-state index in [2.05, 4.69) is 5.32 Å². The SMILES string of the molecule is CC(C)CC1NC(=O)N(c2ccc(F)cc2F)C1=O. The van der Waals surface area contributed by atoms with Crippen LogP contribution in [-0.2, 0) is 4.79 Å². The molecule has 1 atom stereocenters. The number of benzene rings is 1. The number of imide groups is 1. The summed E-state index contributed by atoms with van der Waals surface area (Å²) in [6, 6.07) is 1.40. The maximum Gasteiger partial charge on any atom is 0.329 e. The number of amides is 3. The lowest BCUT2D eigenvalue weighted by Gasteiger charge is -2.14. The largest absolute Gasteiger partial charge is 0.329 e. The standard InChI is InChI=1S/C13H14F2N2O2/c1-7(2)5-10-12(18)17(13(19)16-10)11-4-3-8(14)6-9(11)15/h3-4,6-7,10H,5H2,1-2H3,(H,16,19). The molecule has 1 saturated heterocycles. The summed E-state index contributed by atoms with van der Waals surface area (Å²) in [5.41, 5.74) is -0.227. The van der Waals surface area contributed by atoms with Gasteiger partial charge in [0.05, 0.1) is 5.69 Å². The lowest BCUT2D eigenvalue weighted by atomic mass is 10.0. The molecule has 1 heterocycles. The Morgan fingerprint density at radius 2 is 2.00 bits per heavy atom.